The number of carbonyl (C=O) groups excluding carboxylic acids is 4. The van der Waals surface area contributed by atoms with Crippen molar-refractivity contribution in [1.29, 1.82) is 10.8 Å². The minimum atomic E-state index is -0.471. The second-order valence-electron chi connectivity index (χ2n) is 4.73. The van der Waals surface area contributed by atoms with E-state index in [0.717, 1.165) is 37.8 Å². The smallest absolute Gasteiger partial charge is 0.339 e. The van der Waals surface area contributed by atoms with Gasteiger partial charge in [-0.15, -0.1) is 0 Å². The third-order valence-electron chi connectivity index (χ3n) is 2.83. The second-order valence-corrected chi connectivity index (χ2v) is 4.73. The topological polar surface area (TPSA) is 134 Å². The third kappa shape index (κ3) is 12.4. The van der Waals surface area contributed by atoms with Gasteiger partial charge in [0, 0.05) is 0 Å². The number of hydrogen-bond donors (Lipinski definition) is 2. The molecule has 8 heteroatoms. The highest BCUT2D eigenvalue weighted by molar-refractivity contribution is 6.03. The van der Waals surface area contributed by atoms with Gasteiger partial charge in [-0.05, 0) is 25.0 Å². The van der Waals surface area contributed by atoms with Gasteiger partial charge in [-0.25, -0.2) is 30.0 Å². The molecule has 2 N–H and O–H groups in total. The zero-order valence-corrected chi connectivity index (χ0v) is 15.0. The summed E-state index contributed by atoms with van der Waals surface area (Å²) in [7, 11) is 0. The predicted octanol–water partition coefficient (Wildman–Crippen LogP) is 3.40. The molecule has 0 aliphatic carbocycles. The van der Waals surface area contributed by atoms with Crippen LogP contribution in [0, 0.1) is 10.8 Å². The van der Waals surface area contributed by atoms with Crippen molar-refractivity contribution in [2.24, 2.45) is 0 Å². The minimum absolute atomic E-state index is 0.269. The Morgan fingerprint density at radius 3 is 1.42 bits per heavy atom. The van der Waals surface area contributed by atoms with E-state index in [1.165, 1.54) is 0 Å². The molecule has 0 aromatic heterocycles. The molecule has 8 nitrogen and oxygen atoms in total. The van der Waals surface area contributed by atoms with Crippen LogP contribution in [0.5, 0.6) is 0 Å². The molecule has 1 aromatic rings. The van der Waals surface area contributed by atoms with Crippen LogP contribution < -0.4 is 0 Å². The van der Waals surface area contributed by atoms with Crippen molar-refractivity contribution in [3.8, 4) is 0 Å². The number of esters is 2. The number of nitrogens with one attached hydrogen (secondary N) is 2. The van der Waals surface area contributed by atoms with Gasteiger partial charge in [0.1, 0.15) is 0 Å². The Balaban J connectivity index is 0. The van der Waals surface area contributed by atoms with E-state index in [-0.39, 0.29) is 11.1 Å². The summed E-state index contributed by atoms with van der Waals surface area (Å²) in [6, 6.07) is 6.59. The van der Waals surface area contributed by atoms with Crippen LogP contribution in [0.1, 0.15) is 60.2 Å². The highest BCUT2D eigenvalue weighted by Crippen LogP contribution is 2.12. The van der Waals surface area contributed by atoms with Crippen LogP contribution in [0.4, 0.5) is 0 Å². The molecule has 0 atom stereocenters. The highest BCUT2D eigenvalue weighted by atomic mass is 16.5. The van der Waals surface area contributed by atoms with E-state index in [1.54, 1.807) is 24.3 Å². The molecule has 0 spiro atoms. The normalized spacial score (nSPS) is 8.38. The zero-order chi connectivity index (χ0) is 20.2. The number of rotatable bonds is 8. The molecule has 0 unspecified atom stereocenters. The molecule has 0 aliphatic rings. The van der Waals surface area contributed by atoms with Crippen LogP contribution in [-0.2, 0) is 19.1 Å². The molecule has 1 rings (SSSR count). The fourth-order valence-electron chi connectivity index (χ4n) is 1.61. The Labute approximate surface area is 152 Å². The molecule has 0 aliphatic heterocycles. The molecular weight excluding hydrogens is 340 g/mol. The van der Waals surface area contributed by atoms with E-state index < -0.39 is 11.9 Å². The first-order valence-electron chi connectivity index (χ1n) is 8.04. The maximum atomic E-state index is 11.9. The van der Waals surface area contributed by atoms with Gasteiger partial charge in [0.2, 0.25) is 12.2 Å². The third-order valence-corrected chi connectivity index (χ3v) is 2.83. The molecule has 0 fully saturated rings. The van der Waals surface area contributed by atoms with Crippen LogP contribution in [0.15, 0.2) is 24.3 Å². The molecule has 0 heterocycles. The van der Waals surface area contributed by atoms with Gasteiger partial charge in [0.25, 0.3) is 0 Å². The van der Waals surface area contributed by atoms with Gasteiger partial charge in [0.05, 0.1) is 24.3 Å². The summed E-state index contributed by atoms with van der Waals surface area (Å²) in [4.78, 5) is 40.6. The summed E-state index contributed by atoms with van der Waals surface area (Å²) in [5.74, 6) is -0.942. The fourth-order valence-corrected chi connectivity index (χ4v) is 1.61. The number of hydrogen-bond acceptors (Lipinski definition) is 8. The van der Waals surface area contributed by atoms with Crippen molar-refractivity contribution in [3.05, 3.63) is 35.4 Å². The van der Waals surface area contributed by atoms with E-state index >= 15 is 0 Å². The lowest BCUT2D eigenvalue weighted by molar-refractivity contribution is 0.0452. The number of carbonyl (C=O) groups is 2. The molecule has 0 saturated carbocycles. The largest absolute Gasteiger partial charge is 0.462 e. The van der Waals surface area contributed by atoms with Crippen molar-refractivity contribution >= 4 is 24.1 Å². The minimum Gasteiger partial charge on any atom is -0.462 e. The van der Waals surface area contributed by atoms with Crippen molar-refractivity contribution in [2.75, 3.05) is 13.2 Å². The standard InChI is InChI=1S/C16H22O4.2CHNO/c1-3-5-11-19-15(17)13-9-7-8-10-14(13)16(18)20-12-6-4-2;2*2-1-3/h7-10H,3-6,11-12H2,1-2H3;2*2H. The highest BCUT2D eigenvalue weighted by Gasteiger charge is 2.18. The quantitative estimate of drug-likeness (QED) is 0.314. The van der Waals surface area contributed by atoms with Gasteiger partial charge < -0.3 is 9.47 Å². The van der Waals surface area contributed by atoms with E-state index in [0.29, 0.717) is 13.2 Å². The van der Waals surface area contributed by atoms with Crippen molar-refractivity contribution in [1.82, 2.24) is 0 Å². The summed E-state index contributed by atoms with van der Waals surface area (Å²) in [6.07, 6.45) is 5.03. The van der Waals surface area contributed by atoms with E-state index in [1.807, 2.05) is 13.8 Å². The lowest BCUT2D eigenvalue weighted by atomic mass is 10.1. The van der Waals surface area contributed by atoms with Crippen LogP contribution in [-0.4, -0.2) is 37.3 Å². The maximum absolute atomic E-state index is 11.9. The monoisotopic (exact) mass is 364 g/mol. The SMILES string of the molecule is CCCCOC(=O)c1ccccc1C(=O)OCCCC.N=C=O.N=C=O. The first-order valence-corrected chi connectivity index (χ1v) is 8.04. The van der Waals surface area contributed by atoms with Crippen LogP contribution in [0.2, 0.25) is 0 Å². The number of ether oxygens (including phenoxy) is 2. The zero-order valence-electron chi connectivity index (χ0n) is 15.0. The molecule has 0 bridgehead atoms. The van der Waals surface area contributed by atoms with Crippen molar-refractivity contribution in [3.63, 3.8) is 0 Å². The van der Waals surface area contributed by atoms with E-state index in [9.17, 15) is 9.59 Å². The Morgan fingerprint density at radius 2 is 1.15 bits per heavy atom. The Hall–Kier alpha value is -3.08. The van der Waals surface area contributed by atoms with Gasteiger partial charge >= 0.3 is 11.9 Å². The van der Waals surface area contributed by atoms with Crippen LogP contribution in [0.3, 0.4) is 0 Å². The second kappa shape index (κ2) is 18.3. The summed E-state index contributed by atoms with van der Waals surface area (Å²) in [5, 5.41) is 10.8. The summed E-state index contributed by atoms with van der Waals surface area (Å²) in [6.45, 7) is 4.78. The molecule has 26 heavy (non-hydrogen) atoms. The lowest BCUT2D eigenvalue weighted by Crippen LogP contribution is -2.14. The average Bonchev–Trinajstić information content (AvgIpc) is 2.63. The molecular formula is C18H24N2O6. The molecule has 142 valence electrons. The number of isocyanates is 2. The van der Waals surface area contributed by atoms with Gasteiger partial charge in [-0.3, -0.25) is 0 Å². The predicted molar refractivity (Wildman–Crippen MR) is 93.6 cm³/mol. The fraction of sp³-hybridized carbons (Fsp3) is 0.444. The lowest BCUT2D eigenvalue weighted by Gasteiger charge is -2.09. The molecule has 0 amide bonds. The summed E-state index contributed by atoms with van der Waals surface area (Å²) >= 11 is 0. The number of unbranched alkanes of at least 4 members (excludes halogenated alkanes) is 2. The first kappa shape index (κ1) is 25.2. The summed E-state index contributed by atoms with van der Waals surface area (Å²) < 4.78 is 10.3. The first-order chi connectivity index (χ1) is 12.5. The van der Waals surface area contributed by atoms with Crippen molar-refractivity contribution < 1.29 is 28.7 Å². The Morgan fingerprint density at radius 1 is 0.846 bits per heavy atom. The van der Waals surface area contributed by atoms with E-state index in [2.05, 4.69) is 0 Å². The molecule has 0 radical (unpaired) electrons. The Kier molecular flexibility index (Phi) is 17.7. The summed E-state index contributed by atoms with van der Waals surface area (Å²) in [5.41, 5.74) is 0.537. The Bertz CT molecular complexity index is 550. The average molecular weight is 364 g/mol. The van der Waals surface area contributed by atoms with Gasteiger partial charge in [-0.2, -0.15) is 0 Å². The number of benzene rings is 1. The van der Waals surface area contributed by atoms with Gasteiger partial charge in [0.15, 0.2) is 0 Å². The maximum Gasteiger partial charge on any atom is 0.339 e. The van der Waals surface area contributed by atoms with Crippen LogP contribution in [0.25, 0.3) is 0 Å². The molecule has 1 aromatic carbocycles. The molecule has 0 saturated heterocycles. The van der Waals surface area contributed by atoms with E-state index in [4.69, 9.17) is 29.9 Å². The van der Waals surface area contributed by atoms with Crippen LogP contribution >= 0.6 is 0 Å². The van der Waals surface area contributed by atoms with Gasteiger partial charge in [-0.1, -0.05) is 38.8 Å². The van der Waals surface area contributed by atoms with Crippen molar-refractivity contribution in [2.45, 2.75) is 39.5 Å².